The lowest BCUT2D eigenvalue weighted by atomic mass is 10.1. The van der Waals surface area contributed by atoms with Crippen LogP contribution in [0.2, 0.25) is 0 Å². The fourth-order valence-corrected chi connectivity index (χ4v) is 4.52. The Balaban J connectivity index is 0.000000176. The Hall–Kier alpha value is -2.14. The number of aromatic nitrogens is 1. The van der Waals surface area contributed by atoms with Gasteiger partial charge in [0.25, 0.3) is 0 Å². The van der Waals surface area contributed by atoms with Crippen molar-refractivity contribution in [3.05, 3.63) is 36.0 Å². The number of likely N-dealkylation sites (tertiary alicyclic amines) is 2. The third-order valence-electron chi connectivity index (χ3n) is 6.34. The molecule has 0 radical (unpaired) electrons. The lowest BCUT2D eigenvalue weighted by Crippen LogP contribution is -2.35. The molecule has 0 spiro atoms. The number of benzene rings is 1. The number of hydrogen-bond acceptors (Lipinski definition) is 4. The van der Waals surface area contributed by atoms with Gasteiger partial charge in [-0.1, -0.05) is 19.4 Å². The van der Waals surface area contributed by atoms with Gasteiger partial charge in [0.1, 0.15) is 11.3 Å². The molecular formula is C26H39N3O2. The molecule has 0 bridgehead atoms. The first-order valence-electron chi connectivity index (χ1n) is 12.2. The number of aryl methyl sites for hydroxylation is 1. The van der Waals surface area contributed by atoms with E-state index in [0.29, 0.717) is 17.2 Å². The highest BCUT2D eigenvalue weighted by molar-refractivity contribution is 5.84. The van der Waals surface area contributed by atoms with Crippen LogP contribution in [0.4, 0.5) is 0 Å². The molecule has 1 aromatic heterocycles. The summed E-state index contributed by atoms with van der Waals surface area (Å²) in [6.07, 6.45) is 13.3. The zero-order valence-electron chi connectivity index (χ0n) is 19.2. The maximum Gasteiger partial charge on any atom is 0.222 e. The highest BCUT2D eigenvalue weighted by Crippen LogP contribution is 2.25. The van der Waals surface area contributed by atoms with Crippen LogP contribution < -0.4 is 0 Å². The van der Waals surface area contributed by atoms with Crippen LogP contribution >= 0.6 is 0 Å². The molecule has 2 aliphatic heterocycles. The van der Waals surface area contributed by atoms with Crippen LogP contribution in [0.1, 0.15) is 70.3 Å². The molecule has 1 aromatic carbocycles. The molecule has 2 fully saturated rings. The maximum atomic E-state index is 11.9. The lowest BCUT2D eigenvalue weighted by Gasteiger charge is -2.27. The number of piperidine rings is 1. The normalized spacial score (nSPS) is 16.9. The van der Waals surface area contributed by atoms with E-state index in [1.54, 1.807) is 6.20 Å². The maximum absolute atomic E-state index is 11.9. The Bertz CT molecular complexity index is 811. The topological polar surface area (TPSA) is 56.7 Å². The number of rotatable bonds is 7. The van der Waals surface area contributed by atoms with Gasteiger partial charge in [0.05, 0.1) is 0 Å². The molecule has 5 nitrogen and oxygen atoms in total. The van der Waals surface area contributed by atoms with E-state index in [1.807, 2.05) is 18.2 Å². The Labute approximate surface area is 187 Å². The highest BCUT2D eigenvalue weighted by atomic mass is 16.3. The Morgan fingerprint density at radius 2 is 1.77 bits per heavy atom. The number of nitrogens with zero attached hydrogens (tertiary/aromatic N) is 3. The molecule has 2 aromatic rings. The first-order valence-corrected chi connectivity index (χ1v) is 12.2. The number of hydrogen-bond donors (Lipinski definition) is 1. The van der Waals surface area contributed by atoms with Crippen molar-refractivity contribution in [2.75, 3.05) is 32.7 Å². The quantitative estimate of drug-likeness (QED) is 0.666. The molecule has 1 amide bonds. The fourth-order valence-electron chi connectivity index (χ4n) is 4.52. The molecule has 31 heavy (non-hydrogen) atoms. The van der Waals surface area contributed by atoms with Gasteiger partial charge in [-0.3, -0.25) is 9.78 Å². The van der Waals surface area contributed by atoms with E-state index in [0.717, 1.165) is 50.7 Å². The zero-order valence-corrected chi connectivity index (χ0v) is 19.2. The summed E-state index contributed by atoms with van der Waals surface area (Å²) in [5.74, 6) is 0.679. The van der Waals surface area contributed by atoms with Crippen LogP contribution in [0.15, 0.2) is 30.5 Å². The van der Waals surface area contributed by atoms with Gasteiger partial charge in [-0.05, 0) is 94.8 Å². The summed E-state index contributed by atoms with van der Waals surface area (Å²) in [6.45, 7) is 7.79. The van der Waals surface area contributed by atoms with Crippen molar-refractivity contribution in [2.45, 2.75) is 71.1 Å². The van der Waals surface area contributed by atoms with Gasteiger partial charge in [0.15, 0.2) is 0 Å². The third kappa shape index (κ3) is 7.49. The molecule has 0 saturated carbocycles. The van der Waals surface area contributed by atoms with E-state index in [1.165, 1.54) is 57.2 Å². The minimum absolute atomic E-state index is 0.291. The summed E-state index contributed by atoms with van der Waals surface area (Å²) in [5, 5.41) is 10.8. The molecule has 170 valence electrons. The molecule has 4 rings (SSSR count). The van der Waals surface area contributed by atoms with Crippen molar-refractivity contribution in [1.82, 2.24) is 14.8 Å². The predicted molar refractivity (Wildman–Crippen MR) is 127 cm³/mol. The van der Waals surface area contributed by atoms with Gasteiger partial charge in [0, 0.05) is 31.1 Å². The highest BCUT2D eigenvalue weighted by Gasteiger charge is 2.17. The summed E-state index contributed by atoms with van der Waals surface area (Å²) in [7, 11) is 0. The van der Waals surface area contributed by atoms with Crippen LogP contribution in [-0.2, 0) is 11.2 Å². The van der Waals surface area contributed by atoms with E-state index in [4.69, 9.17) is 0 Å². The van der Waals surface area contributed by atoms with Gasteiger partial charge >= 0.3 is 0 Å². The summed E-state index contributed by atoms with van der Waals surface area (Å²) in [6, 6.07) is 7.81. The minimum atomic E-state index is 0.291. The molecule has 0 unspecified atom stereocenters. The smallest absolute Gasteiger partial charge is 0.222 e. The van der Waals surface area contributed by atoms with E-state index >= 15 is 0 Å². The summed E-state index contributed by atoms with van der Waals surface area (Å²) < 4.78 is 0. The third-order valence-corrected chi connectivity index (χ3v) is 6.34. The first kappa shape index (κ1) is 23.5. The van der Waals surface area contributed by atoms with Gasteiger partial charge in [-0.2, -0.15) is 0 Å². The van der Waals surface area contributed by atoms with Gasteiger partial charge < -0.3 is 14.9 Å². The second kappa shape index (κ2) is 12.7. The average Bonchev–Trinajstić information content (AvgIpc) is 3.32. The first-order chi connectivity index (χ1) is 15.2. The standard InChI is InChI=1S/C13H24N2O.C13H15NO/c16-13(15-11-2-1-3-12-15)7-6-10-14-8-4-5-9-14;1-2-3-5-10-8-11-6-4-7-14-13(11)12(15)9-10/h1-12H2;4,6-9,15H,2-3,5H2,1H3. The van der Waals surface area contributed by atoms with Crippen LogP contribution in [0.3, 0.4) is 0 Å². The molecular weight excluding hydrogens is 386 g/mol. The number of aromatic hydroxyl groups is 1. The minimum Gasteiger partial charge on any atom is -0.506 e. The number of carbonyl (C=O) groups is 1. The molecule has 0 atom stereocenters. The van der Waals surface area contributed by atoms with Crippen LogP contribution in [0, 0.1) is 0 Å². The molecule has 2 aliphatic rings. The molecule has 5 heteroatoms. The van der Waals surface area contributed by atoms with Crippen LogP contribution in [0.5, 0.6) is 5.75 Å². The van der Waals surface area contributed by atoms with E-state index in [2.05, 4.69) is 27.8 Å². The predicted octanol–water partition coefficient (Wildman–Crippen LogP) is 5.16. The Morgan fingerprint density at radius 1 is 1.03 bits per heavy atom. The fraction of sp³-hybridized carbons (Fsp3) is 0.615. The Morgan fingerprint density at radius 3 is 2.52 bits per heavy atom. The van der Waals surface area contributed by atoms with Crippen molar-refractivity contribution in [2.24, 2.45) is 0 Å². The molecule has 0 aliphatic carbocycles. The number of carbonyl (C=O) groups excluding carboxylic acids is 1. The number of phenolic OH excluding ortho intramolecular Hbond substituents is 1. The van der Waals surface area contributed by atoms with Crippen molar-refractivity contribution < 1.29 is 9.90 Å². The summed E-state index contributed by atoms with van der Waals surface area (Å²) >= 11 is 0. The zero-order chi connectivity index (χ0) is 21.9. The van der Waals surface area contributed by atoms with Gasteiger partial charge in [-0.15, -0.1) is 0 Å². The van der Waals surface area contributed by atoms with Gasteiger partial charge in [-0.25, -0.2) is 0 Å². The number of pyridine rings is 1. The number of fused-ring (bicyclic) bond motifs is 1. The summed E-state index contributed by atoms with van der Waals surface area (Å²) in [4.78, 5) is 20.6. The van der Waals surface area contributed by atoms with Gasteiger partial charge in [0.2, 0.25) is 5.91 Å². The second-order valence-corrected chi connectivity index (χ2v) is 8.89. The monoisotopic (exact) mass is 425 g/mol. The average molecular weight is 426 g/mol. The number of phenols is 1. The number of amides is 1. The summed E-state index contributed by atoms with van der Waals surface area (Å²) in [5.41, 5.74) is 1.88. The van der Waals surface area contributed by atoms with E-state index < -0.39 is 0 Å². The van der Waals surface area contributed by atoms with E-state index in [9.17, 15) is 9.90 Å². The van der Waals surface area contributed by atoms with Crippen molar-refractivity contribution in [3.63, 3.8) is 0 Å². The Kier molecular flexibility index (Phi) is 9.60. The van der Waals surface area contributed by atoms with Crippen molar-refractivity contribution in [1.29, 1.82) is 0 Å². The molecule has 1 N–H and O–H groups in total. The van der Waals surface area contributed by atoms with Crippen molar-refractivity contribution >= 4 is 16.8 Å². The van der Waals surface area contributed by atoms with Crippen molar-refractivity contribution in [3.8, 4) is 5.75 Å². The van der Waals surface area contributed by atoms with Crippen LogP contribution in [-0.4, -0.2) is 58.5 Å². The second-order valence-electron chi connectivity index (χ2n) is 8.89. The van der Waals surface area contributed by atoms with Crippen LogP contribution in [0.25, 0.3) is 10.9 Å². The largest absolute Gasteiger partial charge is 0.506 e. The lowest BCUT2D eigenvalue weighted by molar-refractivity contribution is -0.132. The molecule has 2 saturated heterocycles. The SMILES string of the molecule is CCCCc1cc(O)c2ncccc2c1.O=C(CCCN1CCCC1)N1CCCCC1. The number of unbranched alkanes of at least 4 members (excludes halogenated alkanes) is 1. The molecule has 3 heterocycles. The van der Waals surface area contributed by atoms with E-state index in [-0.39, 0.29) is 0 Å².